The molecule has 0 fully saturated rings. The number of pyridine rings is 1. The smallest absolute Gasteiger partial charge is 0.271 e. The number of rotatable bonds is 8. The number of methoxy groups -OCH3 is 2. The summed E-state index contributed by atoms with van der Waals surface area (Å²) < 4.78 is 16.4. The van der Waals surface area contributed by atoms with Gasteiger partial charge < -0.3 is 14.2 Å². The second-order valence-corrected chi connectivity index (χ2v) is 7.13. The second kappa shape index (κ2) is 10.3. The molecule has 33 heavy (non-hydrogen) atoms. The predicted octanol–water partition coefficient (Wildman–Crippen LogP) is 4.59. The molecule has 7 heteroatoms. The summed E-state index contributed by atoms with van der Waals surface area (Å²) in [6.07, 6.45) is 3.29. The van der Waals surface area contributed by atoms with Crippen LogP contribution in [-0.4, -0.2) is 31.3 Å². The first-order valence-electron chi connectivity index (χ1n) is 10.3. The summed E-state index contributed by atoms with van der Waals surface area (Å²) in [5.41, 5.74) is 5.55. The quantitative estimate of drug-likeness (QED) is 0.319. The standard InChI is InChI=1S/C26H23N3O4/c1-31-22-13-10-19(15-24(22)32-2)16-28-29-26(30)21-11-8-18(9-12-21)17-33-23-7-3-5-20-6-4-14-27-25(20)23/h3-16H,17H2,1-2H3,(H,29,30)/b28-16-. The number of aromatic nitrogens is 1. The summed E-state index contributed by atoms with van der Waals surface area (Å²) in [5, 5.41) is 5.05. The number of nitrogens with one attached hydrogen (secondary N) is 1. The molecule has 0 aliphatic rings. The molecule has 0 unspecified atom stereocenters. The van der Waals surface area contributed by atoms with E-state index >= 15 is 0 Å². The summed E-state index contributed by atoms with van der Waals surface area (Å²) in [5.74, 6) is 1.63. The van der Waals surface area contributed by atoms with Gasteiger partial charge in [-0.1, -0.05) is 30.3 Å². The van der Waals surface area contributed by atoms with Crippen molar-refractivity contribution in [2.75, 3.05) is 14.2 Å². The van der Waals surface area contributed by atoms with Gasteiger partial charge in [-0.2, -0.15) is 5.10 Å². The highest BCUT2D eigenvalue weighted by Gasteiger charge is 2.07. The molecule has 0 radical (unpaired) electrons. The molecule has 0 aliphatic heterocycles. The van der Waals surface area contributed by atoms with Gasteiger partial charge >= 0.3 is 0 Å². The van der Waals surface area contributed by atoms with Gasteiger partial charge in [0.05, 0.1) is 20.4 Å². The van der Waals surface area contributed by atoms with Gasteiger partial charge in [0.1, 0.15) is 17.9 Å². The van der Waals surface area contributed by atoms with Crippen molar-refractivity contribution in [2.45, 2.75) is 6.61 Å². The SMILES string of the molecule is COc1ccc(/C=N\NC(=O)c2ccc(COc3cccc4cccnc34)cc2)cc1OC. The topological polar surface area (TPSA) is 82.0 Å². The first kappa shape index (κ1) is 21.8. The van der Waals surface area contributed by atoms with Crippen molar-refractivity contribution < 1.29 is 19.0 Å². The molecule has 0 aliphatic carbocycles. The number of amides is 1. The fourth-order valence-corrected chi connectivity index (χ4v) is 3.27. The lowest BCUT2D eigenvalue weighted by Crippen LogP contribution is -2.17. The number of ether oxygens (including phenoxy) is 3. The Labute approximate surface area is 191 Å². The molecule has 1 N–H and O–H groups in total. The number of benzene rings is 3. The number of para-hydroxylation sites is 1. The lowest BCUT2D eigenvalue weighted by atomic mass is 10.1. The van der Waals surface area contributed by atoms with E-state index in [0.29, 0.717) is 23.7 Å². The average Bonchev–Trinajstić information content (AvgIpc) is 2.87. The number of fused-ring (bicyclic) bond motifs is 1. The van der Waals surface area contributed by atoms with Gasteiger partial charge in [-0.15, -0.1) is 0 Å². The van der Waals surface area contributed by atoms with Crippen molar-refractivity contribution in [3.63, 3.8) is 0 Å². The maximum absolute atomic E-state index is 12.4. The van der Waals surface area contributed by atoms with Crippen LogP contribution in [0, 0.1) is 0 Å². The van der Waals surface area contributed by atoms with Crippen LogP contribution in [0.1, 0.15) is 21.5 Å². The third-order valence-corrected chi connectivity index (χ3v) is 4.99. The third-order valence-electron chi connectivity index (χ3n) is 4.99. The normalized spacial score (nSPS) is 10.8. The lowest BCUT2D eigenvalue weighted by molar-refractivity contribution is 0.0955. The largest absolute Gasteiger partial charge is 0.493 e. The molecular weight excluding hydrogens is 418 g/mol. The van der Waals surface area contributed by atoms with E-state index in [1.54, 1.807) is 50.9 Å². The van der Waals surface area contributed by atoms with E-state index in [4.69, 9.17) is 14.2 Å². The van der Waals surface area contributed by atoms with Crippen LogP contribution in [0.3, 0.4) is 0 Å². The van der Waals surface area contributed by atoms with Crippen molar-refractivity contribution in [3.8, 4) is 17.2 Å². The molecule has 1 amide bonds. The van der Waals surface area contributed by atoms with Gasteiger partial charge in [0.2, 0.25) is 0 Å². The Balaban J connectivity index is 1.35. The van der Waals surface area contributed by atoms with Crippen LogP contribution in [0.15, 0.2) is 84.1 Å². The summed E-state index contributed by atoms with van der Waals surface area (Å²) in [7, 11) is 3.14. The Morgan fingerprint density at radius 3 is 2.52 bits per heavy atom. The zero-order valence-electron chi connectivity index (χ0n) is 18.3. The van der Waals surface area contributed by atoms with Crippen LogP contribution in [0.2, 0.25) is 0 Å². The van der Waals surface area contributed by atoms with E-state index < -0.39 is 0 Å². The Bertz CT molecular complexity index is 1280. The molecule has 4 rings (SSSR count). The van der Waals surface area contributed by atoms with Gasteiger partial charge in [0, 0.05) is 17.1 Å². The highest BCUT2D eigenvalue weighted by atomic mass is 16.5. The molecule has 0 saturated heterocycles. The zero-order valence-corrected chi connectivity index (χ0v) is 18.3. The Kier molecular flexibility index (Phi) is 6.80. The number of nitrogens with zero attached hydrogens (tertiary/aromatic N) is 2. The number of hydrogen-bond donors (Lipinski definition) is 1. The summed E-state index contributed by atoms with van der Waals surface area (Å²) in [6, 6.07) is 22.3. The summed E-state index contributed by atoms with van der Waals surface area (Å²) >= 11 is 0. The molecule has 0 spiro atoms. The van der Waals surface area contributed by atoms with Crippen LogP contribution in [0.4, 0.5) is 0 Å². The minimum absolute atomic E-state index is 0.308. The third kappa shape index (κ3) is 5.27. The van der Waals surface area contributed by atoms with Gasteiger partial charge in [0.15, 0.2) is 11.5 Å². The highest BCUT2D eigenvalue weighted by Crippen LogP contribution is 2.27. The van der Waals surface area contributed by atoms with E-state index in [0.717, 1.165) is 27.8 Å². The first-order chi connectivity index (χ1) is 16.2. The maximum Gasteiger partial charge on any atom is 0.271 e. The maximum atomic E-state index is 12.4. The summed E-state index contributed by atoms with van der Waals surface area (Å²) in [6.45, 7) is 0.370. The van der Waals surface area contributed by atoms with Gasteiger partial charge in [-0.25, -0.2) is 5.43 Å². The Morgan fingerprint density at radius 2 is 1.73 bits per heavy atom. The molecule has 0 saturated carbocycles. The average molecular weight is 441 g/mol. The van der Waals surface area contributed by atoms with Gasteiger partial charge in [0.25, 0.3) is 5.91 Å². The lowest BCUT2D eigenvalue weighted by Gasteiger charge is -2.09. The van der Waals surface area contributed by atoms with Crippen molar-refractivity contribution in [2.24, 2.45) is 5.10 Å². The van der Waals surface area contributed by atoms with Crippen LogP contribution in [0.25, 0.3) is 10.9 Å². The fraction of sp³-hybridized carbons (Fsp3) is 0.115. The van der Waals surface area contributed by atoms with Crippen molar-refractivity contribution in [1.82, 2.24) is 10.4 Å². The molecule has 7 nitrogen and oxygen atoms in total. The van der Waals surface area contributed by atoms with E-state index in [-0.39, 0.29) is 5.91 Å². The van der Waals surface area contributed by atoms with E-state index in [1.807, 2.05) is 48.5 Å². The zero-order chi connectivity index (χ0) is 23.0. The van der Waals surface area contributed by atoms with Crippen LogP contribution in [0.5, 0.6) is 17.2 Å². The highest BCUT2D eigenvalue weighted by molar-refractivity contribution is 5.95. The van der Waals surface area contributed by atoms with Gasteiger partial charge in [-0.3, -0.25) is 9.78 Å². The molecule has 3 aromatic carbocycles. The molecular formula is C26H23N3O4. The molecule has 1 aromatic heterocycles. The number of carbonyl (C=O) groups excluding carboxylic acids is 1. The number of hydrogen-bond acceptors (Lipinski definition) is 6. The second-order valence-electron chi connectivity index (χ2n) is 7.13. The Morgan fingerprint density at radius 1 is 0.939 bits per heavy atom. The number of hydrazone groups is 1. The van der Waals surface area contributed by atoms with E-state index in [2.05, 4.69) is 15.5 Å². The Hall–Kier alpha value is -4.39. The fourth-order valence-electron chi connectivity index (χ4n) is 3.27. The van der Waals surface area contributed by atoms with Crippen molar-refractivity contribution in [3.05, 3.63) is 95.7 Å². The van der Waals surface area contributed by atoms with Crippen molar-refractivity contribution in [1.29, 1.82) is 0 Å². The van der Waals surface area contributed by atoms with Crippen LogP contribution >= 0.6 is 0 Å². The van der Waals surface area contributed by atoms with Crippen LogP contribution in [-0.2, 0) is 6.61 Å². The molecule has 166 valence electrons. The minimum atomic E-state index is -0.308. The van der Waals surface area contributed by atoms with E-state index in [1.165, 1.54) is 0 Å². The monoisotopic (exact) mass is 441 g/mol. The number of carbonyl (C=O) groups is 1. The molecule has 1 heterocycles. The molecule has 0 atom stereocenters. The molecule has 0 bridgehead atoms. The molecule has 4 aromatic rings. The predicted molar refractivity (Wildman–Crippen MR) is 127 cm³/mol. The van der Waals surface area contributed by atoms with Crippen LogP contribution < -0.4 is 19.6 Å². The summed E-state index contributed by atoms with van der Waals surface area (Å²) in [4.78, 5) is 16.8. The first-order valence-corrected chi connectivity index (χ1v) is 10.3. The van der Waals surface area contributed by atoms with Gasteiger partial charge in [-0.05, 0) is 53.6 Å². The minimum Gasteiger partial charge on any atom is -0.493 e. The van der Waals surface area contributed by atoms with Crippen molar-refractivity contribution >= 4 is 23.0 Å². The van der Waals surface area contributed by atoms with E-state index in [9.17, 15) is 4.79 Å².